The molecule has 0 aliphatic rings. The van der Waals surface area contributed by atoms with Gasteiger partial charge in [0.05, 0.1) is 11.9 Å². The van der Waals surface area contributed by atoms with Gasteiger partial charge in [0, 0.05) is 13.6 Å². The Labute approximate surface area is 189 Å². The molecular formula is C21H19F5N4O4. The number of carbonyl (C=O) groups excluding carboxylic acids is 2. The summed E-state index contributed by atoms with van der Waals surface area (Å²) in [4.78, 5) is 24.9. The summed E-state index contributed by atoms with van der Waals surface area (Å²) < 4.78 is 78.2. The van der Waals surface area contributed by atoms with Crippen molar-refractivity contribution >= 4 is 17.5 Å². The van der Waals surface area contributed by atoms with Crippen molar-refractivity contribution in [1.29, 1.82) is 0 Å². The fourth-order valence-electron chi connectivity index (χ4n) is 2.80. The second-order valence-corrected chi connectivity index (χ2v) is 7.54. The molecule has 0 saturated heterocycles. The van der Waals surface area contributed by atoms with E-state index in [2.05, 4.69) is 15.7 Å². The van der Waals surface area contributed by atoms with E-state index in [9.17, 15) is 31.5 Å². The zero-order valence-corrected chi connectivity index (χ0v) is 18.1. The van der Waals surface area contributed by atoms with Crippen LogP contribution in [0.3, 0.4) is 0 Å². The van der Waals surface area contributed by atoms with Crippen LogP contribution in [0.4, 0.5) is 27.6 Å². The Kier molecular flexibility index (Phi) is 7.23. The predicted octanol–water partition coefficient (Wildman–Crippen LogP) is 3.93. The molecule has 3 aromatic rings. The fraction of sp³-hybridized carbons (Fsp3) is 0.286. The number of benzene rings is 1. The summed E-state index contributed by atoms with van der Waals surface area (Å²) in [6, 6.07) is 2.40. The first kappa shape index (κ1) is 24.7. The summed E-state index contributed by atoms with van der Waals surface area (Å²) in [5.41, 5.74) is 0.194. The van der Waals surface area contributed by atoms with E-state index in [1.807, 2.05) is 13.8 Å². The Hall–Kier alpha value is -3.90. The number of aromatic nitrogens is 2. The Morgan fingerprint density at radius 2 is 1.65 bits per heavy atom. The highest BCUT2D eigenvalue weighted by atomic mass is 19.2. The zero-order valence-electron chi connectivity index (χ0n) is 18.1. The van der Waals surface area contributed by atoms with Crippen LogP contribution in [0, 0.1) is 35.0 Å². The van der Waals surface area contributed by atoms with Gasteiger partial charge in [0.1, 0.15) is 18.1 Å². The van der Waals surface area contributed by atoms with Crippen LogP contribution in [-0.4, -0.2) is 28.1 Å². The molecule has 0 aliphatic carbocycles. The molecule has 0 unspecified atom stereocenters. The first-order valence-corrected chi connectivity index (χ1v) is 9.85. The van der Waals surface area contributed by atoms with E-state index in [1.165, 1.54) is 30.1 Å². The lowest BCUT2D eigenvalue weighted by Crippen LogP contribution is -2.30. The van der Waals surface area contributed by atoms with Crippen LogP contribution in [0.1, 0.15) is 40.7 Å². The number of hydrogen-bond acceptors (Lipinski definition) is 5. The maximum Gasteiger partial charge on any atom is 0.291 e. The van der Waals surface area contributed by atoms with Crippen molar-refractivity contribution in [1.82, 2.24) is 15.1 Å². The molecule has 8 nitrogen and oxygen atoms in total. The van der Waals surface area contributed by atoms with Gasteiger partial charge in [0.2, 0.25) is 29.1 Å². The Bertz CT molecular complexity index is 1210. The summed E-state index contributed by atoms with van der Waals surface area (Å²) in [6.45, 7) is 3.50. The molecule has 0 fully saturated rings. The van der Waals surface area contributed by atoms with Gasteiger partial charge >= 0.3 is 0 Å². The monoisotopic (exact) mass is 486 g/mol. The molecule has 2 N–H and O–H groups in total. The van der Waals surface area contributed by atoms with E-state index in [1.54, 1.807) is 0 Å². The number of hydrogen-bond donors (Lipinski definition) is 2. The van der Waals surface area contributed by atoms with E-state index < -0.39 is 53.3 Å². The fourth-order valence-corrected chi connectivity index (χ4v) is 2.80. The second kappa shape index (κ2) is 9.93. The van der Waals surface area contributed by atoms with Crippen LogP contribution >= 0.6 is 0 Å². The quantitative estimate of drug-likeness (QED) is 0.286. The van der Waals surface area contributed by atoms with Crippen LogP contribution in [0.2, 0.25) is 0 Å². The first-order valence-electron chi connectivity index (χ1n) is 9.85. The predicted molar refractivity (Wildman–Crippen MR) is 108 cm³/mol. The zero-order chi connectivity index (χ0) is 25.2. The number of halogens is 5. The molecule has 2 aromatic heterocycles. The molecule has 34 heavy (non-hydrogen) atoms. The van der Waals surface area contributed by atoms with Crippen LogP contribution in [0.25, 0.3) is 0 Å². The van der Waals surface area contributed by atoms with E-state index in [-0.39, 0.29) is 28.8 Å². The standard InChI is InChI=1S/C21H19F5N4O4/c1-9(2)6-27-21(32)18-11(7-28-30(18)3)29-20(31)12-5-4-10(34-12)8-33-19-16(25)14(23)13(22)15(24)17(19)26/h4-5,7,9H,6,8H2,1-3H3,(H,27,32)(H,29,31). The van der Waals surface area contributed by atoms with Gasteiger partial charge in [-0.2, -0.15) is 13.9 Å². The summed E-state index contributed by atoms with van der Waals surface area (Å²) in [6.07, 6.45) is 1.26. The minimum Gasteiger partial charge on any atom is -0.479 e. The molecule has 0 saturated carbocycles. The van der Waals surface area contributed by atoms with Gasteiger partial charge in [-0.25, -0.2) is 13.2 Å². The van der Waals surface area contributed by atoms with Gasteiger partial charge < -0.3 is 19.8 Å². The average molecular weight is 486 g/mol. The molecule has 0 atom stereocenters. The normalized spacial score (nSPS) is 11.1. The number of furan rings is 1. The van der Waals surface area contributed by atoms with Gasteiger partial charge in [-0.1, -0.05) is 13.8 Å². The number of rotatable bonds is 8. The SMILES string of the molecule is CC(C)CNC(=O)c1c(NC(=O)c2ccc(COc3c(F)c(F)c(F)c(F)c3F)o2)cnn1C. The molecule has 182 valence electrons. The lowest BCUT2D eigenvalue weighted by Gasteiger charge is -2.10. The van der Waals surface area contributed by atoms with Gasteiger partial charge in [-0.3, -0.25) is 14.3 Å². The van der Waals surface area contributed by atoms with E-state index >= 15 is 0 Å². The summed E-state index contributed by atoms with van der Waals surface area (Å²) >= 11 is 0. The lowest BCUT2D eigenvalue weighted by molar-refractivity contribution is 0.0940. The maximum atomic E-state index is 13.7. The minimum absolute atomic E-state index is 0.0930. The van der Waals surface area contributed by atoms with E-state index in [0.717, 1.165) is 0 Å². The molecule has 3 rings (SSSR count). The third-order valence-electron chi connectivity index (χ3n) is 4.49. The topological polar surface area (TPSA) is 98.4 Å². The maximum absolute atomic E-state index is 13.7. The van der Waals surface area contributed by atoms with E-state index in [0.29, 0.717) is 6.54 Å². The van der Waals surface area contributed by atoms with Crippen LogP contribution < -0.4 is 15.4 Å². The molecule has 0 aliphatic heterocycles. The van der Waals surface area contributed by atoms with Crippen molar-refractivity contribution < 1.29 is 40.7 Å². The lowest BCUT2D eigenvalue weighted by atomic mass is 10.2. The number of nitrogens with zero attached hydrogens (tertiary/aromatic N) is 2. The van der Waals surface area contributed by atoms with Crippen LogP contribution in [0.5, 0.6) is 5.75 Å². The van der Waals surface area contributed by atoms with Crippen molar-refractivity contribution in [3.05, 3.63) is 64.6 Å². The molecule has 1 aromatic carbocycles. The number of aryl methyl sites for hydroxylation is 1. The van der Waals surface area contributed by atoms with Gasteiger partial charge in [-0.05, 0) is 18.1 Å². The summed E-state index contributed by atoms with van der Waals surface area (Å²) in [5.74, 6) is -13.8. The highest BCUT2D eigenvalue weighted by Gasteiger charge is 2.27. The van der Waals surface area contributed by atoms with Gasteiger partial charge in [0.15, 0.2) is 11.5 Å². The van der Waals surface area contributed by atoms with Crippen LogP contribution in [0.15, 0.2) is 22.7 Å². The van der Waals surface area contributed by atoms with Gasteiger partial charge in [-0.15, -0.1) is 0 Å². The number of amides is 2. The Morgan fingerprint density at radius 1 is 1.03 bits per heavy atom. The van der Waals surface area contributed by atoms with E-state index in [4.69, 9.17) is 9.15 Å². The number of carbonyl (C=O) groups is 2. The molecule has 0 radical (unpaired) electrons. The summed E-state index contributed by atoms with van der Waals surface area (Å²) in [5, 5.41) is 9.12. The van der Waals surface area contributed by atoms with Crippen molar-refractivity contribution in [2.75, 3.05) is 11.9 Å². The molecular weight excluding hydrogens is 467 g/mol. The van der Waals surface area contributed by atoms with Crippen molar-refractivity contribution in [3.8, 4) is 5.75 Å². The highest BCUT2D eigenvalue weighted by molar-refractivity contribution is 6.07. The minimum atomic E-state index is -2.31. The molecule has 2 amide bonds. The molecule has 0 bridgehead atoms. The highest BCUT2D eigenvalue weighted by Crippen LogP contribution is 2.30. The Balaban J connectivity index is 1.70. The van der Waals surface area contributed by atoms with Crippen molar-refractivity contribution in [2.24, 2.45) is 13.0 Å². The van der Waals surface area contributed by atoms with Gasteiger partial charge in [0.25, 0.3) is 11.8 Å². The first-order chi connectivity index (χ1) is 16.0. The molecule has 13 heteroatoms. The third-order valence-corrected chi connectivity index (χ3v) is 4.49. The second-order valence-electron chi connectivity index (χ2n) is 7.54. The van der Waals surface area contributed by atoms with Crippen molar-refractivity contribution in [2.45, 2.75) is 20.5 Å². The third kappa shape index (κ3) is 5.02. The van der Waals surface area contributed by atoms with Crippen LogP contribution in [-0.2, 0) is 13.7 Å². The smallest absolute Gasteiger partial charge is 0.291 e. The van der Waals surface area contributed by atoms with Crippen molar-refractivity contribution in [3.63, 3.8) is 0 Å². The summed E-state index contributed by atoms with van der Waals surface area (Å²) in [7, 11) is 1.52. The number of nitrogens with one attached hydrogen (secondary N) is 2. The molecule has 2 heterocycles. The average Bonchev–Trinajstić information content (AvgIpc) is 3.41. The number of ether oxygens (including phenoxy) is 1. The largest absolute Gasteiger partial charge is 0.479 e. The Morgan fingerprint density at radius 3 is 2.26 bits per heavy atom. The number of anilines is 1. The molecule has 0 spiro atoms.